The van der Waals surface area contributed by atoms with E-state index in [-0.39, 0.29) is 75.4 Å². The molecule has 5 aromatic rings. The molecule has 4 atom stereocenters. The van der Waals surface area contributed by atoms with Crippen molar-refractivity contribution in [2.45, 2.75) is 96.6 Å². The highest BCUT2D eigenvalue weighted by molar-refractivity contribution is 6.00. The number of carboxylic acid groups (broad SMARTS) is 2. The number of nitrogens with zero attached hydrogens (tertiary/aromatic N) is 1. The highest BCUT2D eigenvalue weighted by Gasteiger charge is 2.32. The third kappa shape index (κ3) is 20.0. The Labute approximate surface area is 430 Å². The van der Waals surface area contributed by atoms with Crippen LogP contribution in [0.2, 0.25) is 0 Å². The highest BCUT2D eigenvalue weighted by atomic mass is 16.4. The van der Waals surface area contributed by atoms with E-state index in [1.54, 1.807) is 73.1 Å². The lowest BCUT2D eigenvalue weighted by molar-refractivity contribution is -0.142. The Morgan fingerprint density at radius 1 is 0.649 bits per heavy atom. The molecule has 0 radical (unpaired) electrons. The van der Waals surface area contributed by atoms with Crippen molar-refractivity contribution in [1.29, 1.82) is 0 Å². The minimum Gasteiger partial charge on any atom is -0.508 e. The van der Waals surface area contributed by atoms with Gasteiger partial charge in [0.25, 0.3) is 0 Å². The van der Waals surface area contributed by atoms with Gasteiger partial charge in [-0.3, -0.25) is 33.8 Å². The molecule has 0 aliphatic carbocycles. The number of aliphatic carboxylic acids is 2. The molecule has 4 aromatic carbocycles. The van der Waals surface area contributed by atoms with Gasteiger partial charge in [-0.05, 0) is 116 Å². The molecule has 0 saturated heterocycles. The smallest absolute Gasteiger partial charge is 0.326 e. The van der Waals surface area contributed by atoms with Crippen molar-refractivity contribution < 1.29 is 53.7 Å². The first-order valence-electron chi connectivity index (χ1n) is 24.5. The summed E-state index contributed by atoms with van der Waals surface area (Å²) in [6.07, 6.45) is 6.02. The van der Waals surface area contributed by atoms with Crippen molar-refractivity contribution in [3.05, 3.63) is 161 Å². The number of carboxylic acids is 2. The van der Waals surface area contributed by atoms with E-state index in [4.69, 9.17) is 0 Å². The molecule has 5 amide bonds. The van der Waals surface area contributed by atoms with E-state index in [0.29, 0.717) is 40.9 Å². The minimum absolute atomic E-state index is 0.00843. The maximum absolute atomic E-state index is 14.4. The number of para-hydroxylation sites is 1. The molecule has 0 spiro atoms. The Morgan fingerprint density at radius 3 is 1.99 bits per heavy atom. The van der Waals surface area contributed by atoms with Crippen LogP contribution in [0.25, 0.3) is 6.08 Å². The molecule has 74 heavy (non-hydrogen) atoms. The predicted octanol–water partition coefficient (Wildman–Crippen LogP) is 7.54. The molecule has 1 aromatic heterocycles. The number of rotatable bonds is 29. The van der Waals surface area contributed by atoms with Crippen molar-refractivity contribution in [2.24, 2.45) is 11.8 Å². The second kappa shape index (κ2) is 29.1. The Kier molecular flexibility index (Phi) is 22.2. The van der Waals surface area contributed by atoms with Gasteiger partial charge in [0.1, 0.15) is 17.6 Å². The monoisotopic (exact) mass is 1010 g/mol. The molecule has 17 nitrogen and oxygen atoms in total. The normalized spacial score (nSPS) is 12.6. The number of carbonyl (C=O) groups excluding carboxylic acids is 6. The number of nitrogens with one attached hydrogen (secondary N) is 5. The first-order chi connectivity index (χ1) is 35.5. The van der Waals surface area contributed by atoms with Gasteiger partial charge in [-0.1, -0.05) is 84.8 Å². The highest BCUT2D eigenvalue weighted by Crippen LogP contribution is 2.22. The van der Waals surface area contributed by atoms with Crippen molar-refractivity contribution in [3.63, 3.8) is 0 Å². The van der Waals surface area contributed by atoms with Gasteiger partial charge in [0.2, 0.25) is 17.7 Å². The molecule has 1 heterocycles. The molecule has 17 heteroatoms. The van der Waals surface area contributed by atoms with Crippen LogP contribution in [0.1, 0.15) is 84.7 Å². The molecule has 0 saturated carbocycles. The fourth-order valence-corrected chi connectivity index (χ4v) is 8.11. The van der Waals surface area contributed by atoms with Crippen LogP contribution in [-0.2, 0) is 52.8 Å². The summed E-state index contributed by atoms with van der Waals surface area (Å²) in [6, 6.07) is 27.6. The average molecular weight is 1010 g/mol. The standard InChI is InChI=1S/C57H64N6O11/c1-37-15-17-39(18-16-37)31-44(55(71)62-50(56(72)73)33-41-21-26-46(64)27-22-41)35-51(66)49(13-7-14-53(68)69)61-54(70)43(11-5-6-30-59-52(67)28-23-42-10-8-29-58-36-42)34-47(65)32-40-19-24-45(25-20-40)60-57(74)63-48-12-4-3-9-38(48)2/h3-4,8-10,12,15-29,36,43-44,49-50,64H,5-7,11,13-14,30-35H2,1-2H3,(H,59,67)(H,61,70)(H,62,71)(H,68,69)(H,72,73)(H2,60,63,74)/b28-23+/t43-,44-,49+,50+/m1/s1. The van der Waals surface area contributed by atoms with Crippen LogP contribution in [0.4, 0.5) is 16.2 Å². The number of benzene rings is 4. The lowest BCUT2D eigenvalue weighted by Gasteiger charge is -2.25. The molecular formula is C57H64N6O11. The van der Waals surface area contributed by atoms with Gasteiger partial charge in [0.05, 0.1) is 6.04 Å². The number of urea groups is 1. The number of aromatic hydroxyl groups is 1. The summed E-state index contributed by atoms with van der Waals surface area (Å²) in [5, 5.41) is 43.1. The third-order valence-corrected chi connectivity index (χ3v) is 12.2. The number of anilines is 2. The lowest BCUT2D eigenvalue weighted by Crippen LogP contribution is -2.48. The van der Waals surface area contributed by atoms with E-state index in [9.17, 15) is 53.7 Å². The van der Waals surface area contributed by atoms with E-state index in [1.807, 2.05) is 44.2 Å². The van der Waals surface area contributed by atoms with Crippen molar-refractivity contribution in [1.82, 2.24) is 20.9 Å². The fourth-order valence-electron chi connectivity index (χ4n) is 8.11. The van der Waals surface area contributed by atoms with Crippen LogP contribution < -0.4 is 26.6 Å². The molecule has 8 N–H and O–H groups in total. The van der Waals surface area contributed by atoms with Crippen molar-refractivity contribution in [3.8, 4) is 5.75 Å². The predicted molar refractivity (Wildman–Crippen MR) is 280 cm³/mol. The zero-order chi connectivity index (χ0) is 53.4. The van der Waals surface area contributed by atoms with Crippen LogP contribution in [0.5, 0.6) is 5.75 Å². The topological polar surface area (TPSA) is 270 Å². The van der Waals surface area contributed by atoms with E-state index in [0.717, 1.165) is 16.7 Å². The fraction of sp³-hybridized carbons (Fsp3) is 0.316. The number of hydrogen-bond donors (Lipinski definition) is 8. The van der Waals surface area contributed by atoms with Crippen LogP contribution in [-0.4, -0.2) is 86.2 Å². The molecule has 388 valence electrons. The van der Waals surface area contributed by atoms with Crippen LogP contribution in [0.15, 0.2) is 128 Å². The van der Waals surface area contributed by atoms with Gasteiger partial charge >= 0.3 is 18.0 Å². The van der Waals surface area contributed by atoms with Crippen molar-refractivity contribution in [2.75, 3.05) is 17.2 Å². The SMILES string of the molecule is Cc1ccc(C[C@H](CC(=O)[C@H](CCCC(=O)O)NC(=O)[C@H](CCCCNC(=O)/C=C/c2cccnc2)CC(=O)Cc2ccc(NC(=O)Nc3ccccc3C)cc2)C(=O)N[C@@H](Cc2ccc(O)cc2)C(=O)O)cc1. The average Bonchev–Trinajstić information content (AvgIpc) is 3.37. The van der Waals surface area contributed by atoms with E-state index >= 15 is 0 Å². The summed E-state index contributed by atoms with van der Waals surface area (Å²) in [5.41, 5.74) is 5.55. The maximum Gasteiger partial charge on any atom is 0.326 e. The van der Waals surface area contributed by atoms with Gasteiger partial charge in [-0.15, -0.1) is 0 Å². The van der Waals surface area contributed by atoms with Gasteiger partial charge in [0, 0.05) is 80.3 Å². The van der Waals surface area contributed by atoms with Crippen molar-refractivity contribution >= 4 is 64.7 Å². The van der Waals surface area contributed by atoms with E-state index < -0.39 is 65.9 Å². The zero-order valence-electron chi connectivity index (χ0n) is 41.6. The van der Waals surface area contributed by atoms with E-state index in [2.05, 4.69) is 31.6 Å². The van der Waals surface area contributed by atoms with Crippen LogP contribution >= 0.6 is 0 Å². The number of hydrogen-bond acceptors (Lipinski definition) is 10. The summed E-state index contributed by atoms with van der Waals surface area (Å²) < 4.78 is 0. The molecule has 0 bridgehead atoms. The minimum atomic E-state index is -1.39. The molecule has 0 aliphatic rings. The number of aryl methyl sites for hydroxylation is 2. The summed E-state index contributed by atoms with van der Waals surface area (Å²) in [7, 11) is 0. The second-order valence-corrected chi connectivity index (χ2v) is 18.3. The number of amides is 5. The molecular weight excluding hydrogens is 945 g/mol. The van der Waals surface area contributed by atoms with E-state index in [1.165, 1.54) is 30.3 Å². The summed E-state index contributed by atoms with van der Waals surface area (Å²) in [5.74, 6) is -7.09. The van der Waals surface area contributed by atoms with Crippen LogP contribution in [0, 0.1) is 25.7 Å². The number of aromatic nitrogens is 1. The molecule has 0 aliphatic heterocycles. The number of unbranched alkanes of at least 4 members (excludes halogenated alkanes) is 1. The first-order valence-corrected chi connectivity index (χ1v) is 24.5. The number of Topliss-reactive ketones (excluding diaryl/α,β-unsaturated/α-hetero) is 2. The number of phenolic OH excluding ortho intramolecular Hbond substituents is 1. The molecule has 5 rings (SSSR count). The van der Waals surface area contributed by atoms with Gasteiger partial charge in [0.15, 0.2) is 5.78 Å². The summed E-state index contributed by atoms with van der Waals surface area (Å²) in [6.45, 7) is 4.02. The maximum atomic E-state index is 14.4. The largest absolute Gasteiger partial charge is 0.508 e. The number of phenols is 1. The summed E-state index contributed by atoms with van der Waals surface area (Å²) >= 11 is 0. The Balaban J connectivity index is 1.31. The quantitative estimate of drug-likeness (QED) is 0.0171. The second-order valence-electron chi connectivity index (χ2n) is 18.3. The zero-order valence-corrected chi connectivity index (χ0v) is 41.6. The van der Waals surface area contributed by atoms with Gasteiger partial charge in [-0.25, -0.2) is 9.59 Å². The Bertz CT molecular complexity index is 2730. The summed E-state index contributed by atoms with van der Waals surface area (Å²) in [4.78, 5) is 110. The third-order valence-electron chi connectivity index (χ3n) is 12.2. The van der Waals surface area contributed by atoms with Crippen LogP contribution in [0.3, 0.4) is 0 Å². The Morgan fingerprint density at radius 2 is 1.31 bits per heavy atom. The number of pyridine rings is 1. The molecule has 0 unspecified atom stereocenters. The number of ketones is 2. The Hall–Kier alpha value is -8.47. The van der Waals surface area contributed by atoms with Gasteiger partial charge < -0.3 is 41.9 Å². The van der Waals surface area contributed by atoms with Gasteiger partial charge in [-0.2, -0.15) is 0 Å². The lowest BCUT2D eigenvalue weighted by atomic mass is 9.88. The molecule has 0 fully saturated rings. The number of carbonyl (C=O) groups is 8. The first kappa shape index (κ1) is 56.4.